The first-order valence-electron chi connectivity index (χ1n) is 10.8. The monoisotopic (exact) mass is 464 g/mol. The van der Waals surface area contributed by atoms with Gasteiger partial charge in [-0.3, -0.25) is 9.59 Å². The van der Waals surface area contributed by atoms with E-state index in [0.29, 0.717) is 49.1 Å². The maximum Gasteiger partial charge on any atom is 0.254 e. The van der Waals surface area contributed by atoms with Crippen LogP contribution in [0.2, 0.25) is 0 Å². The zero-order valence-electron chi connectivity index (χ0n) is 18.2. The Labute approximate surface area is 195 Å². The Morgan fingerprint density at radius 2 is 1.94 bits per heavy atom. The highest BCUT2D eigenvalue weighted by atomic mass is 32.1. The van der Waals surface area contributed by atoms with Gasteiger partial charge in [0.1, 0.15) is 13.2 Å². The third-order valence-corrected chi connectivity index (χ3v) is 6.84. The molecule has 2 aliphatic heterocycles. The molecule has 0 aliphatic carbocycles. The van der Waals surface area contributed by atoms with Crippen LogP contribution in [0.5, 0.6) is 11.5 Å². The van der Waals surface area contributed by atoms with E-state index in [1.54, 1.807) is 36.3 Å². The van der Waals surface area contributed by atoms with Crippen LogP contribution >= 0.6 is 11.3 Å². The van der Waals surface area contributed by atoms with E-state index in [9.17, 15) is 9.59 Å². The molecule has 2 aromatic carbocycles. The average Bonchev–Trinajstić information content (AvgIpc) is 3.38. The van der Waals surface area contributed by atoms with Gasteiger partial charge in [0.05, 0.1) is 18.6 Å². The van der Waals surface area contributed by atoms with Crippen LogP contribution in [0.3, 0.4) is 0 Å². The summed E-state index contributed by atoms with van der Waals surface area (Å²) in [5.74, 6) is 0.407. The summed E-state index contributed by atoms with van der Waals surface area (Å²) in [6.45, 7) is 1.75. The van der Waals surface area contributed by atoms with E-state index in [1.807, 2.05) is 35.7 Å². The third kappa shape index (κ3) is 4.07. The summed E-state index contributed by atoms with van der Waals surface area (Å²) in [6, 6.07) is 16.2. The van der Waals surface area contributed by atoms with Crippen molar-refractivity contribution in [2.75, 3.05) is 38.8 Å². The van der Waals surface area contributed by atoms with Crippen molar-refractivity contribution < 1.29 is 23.8 Å². The van der Waals surface area contributed by atoms with Crippen LogP contribution in [0.15, 0.2) is 60.0 Å². The van der Waals surface area contributed by atoms with Gasteiger partial charge in [0.2, 0.25) is 5.91 Å². The molecule has 0 spiro atoms. The first kappa shape index (κ1) is 21.5. The van der Waals surface area contributed by atoms with E-state index in [-0.39, 0.29) is 11.8 Å². The molecular weight excluding hydrogens is 440 g/mol. The van der Waals surface area contributed by atoms with Crippen molar-refractivity contribution in [3.8, 4) is 11.5 Å². The van der Waals surface area contributed by atoms with Gasteiger partial charge in [0.25, 0.3) is 5.91 Å². The molecule has 2 atom stereocenters. The van der Waals surface area contributed by atoms with Gasteiger partial charge in [-0.25, -0.2) is 0 Å². The highest BCUT2D eigenvalue weighted by molar-refractivity contribution is 7.10. The molecule has 2 aliphatic rings. The number of benzene rings is 2. The van der Waals surface area contributed by atoms with Crippen LogP contribution in [0.4, 0.5) is 5.69 Å². The molecule has 2 amide bonds. The van der Waals surface area contributed by atoms with Gasteiger partial charge >= 0.3 is 0 Å². The molecule has 3 heterocycles. The van der Waals surface area contributed by atoms with Crippen LogP contribution < -0.4 is 14.8 Å². The van der Waals surface area contributed by atoms with Crippen LogP contribution in [-0.4, -0.2) is 50.2 Å². The molecular formula is C25H24N2O5S. The molecule has 170 valence electrons. The fourth-order valence-electron chi connectivity index (χ4n) is 4.43. The number of nitrogens with zero attached hydrogens (tertiary/aromatic N) is 1. The van der Waals surface area contributed by atoms with E-state index in [2.05, 4.69) is 5.32 Å². The van der Waals surface area contributed by atoms with Gasteiger partial charge < -0.3 is 24.4 Å². The number of hydrogen-bond acceptors (Lipinski definition) is 6. The molecule has 0 saturated heterocycles. The lowest BCUT2D eigenvalue weighted by molar-refractivity contribution is -0.119. The molecule has 0 radical (unpaired) electrons. The minimum Gasteiger partial charge on any atom is -0.486 e. The highest BCUT2D eigenvalue weighted by Gasteiger charge is 2.44. The Hall–Kier alpha value is -3.36. The zero-order chi connectivity index (χ0) is 22.8. The Morgan fingerprint density at radius 3 is 2.73 bits per heavy atom. The summed E-state index contributed by atoms with van der Waals surface area (Å²) < 4.78 is 16.5. The second kappa shape index (κ2) is 9.25. The van der Waals surface area contributed by atoms with Crippen molar-refractivity contribution in [1.82, 2.24) is 4.90 Å². The fraction of sp³-hybridized carbons (Fsp3) is 0.280. The number of nitrogens with one attached hydrogen (secondary N) is 1. The average molecular weight is 465 g/mol. The van der Waals surface area contributed by atoms with E-state index in [4.69, 9.17) is 14.2 Å². The van der Waals surface area contributed by atoms with Crippen molar-refractivity contribution in [3.63, 3.8) is 0 Å². The molecule has 8 heteroatoms. The number of amides is 2. The smallest absolute Gasteiger partial charge is 0.254 e. The van der Waals surface area contributed by atoms with E-state index >= 15 is 0 Å². The summed E-state index contributed by atoms with van der Waals surface area (Å²) in [6.07, 6.45) is 0. The zero-order valence-corrected chi connectivity index (χ0v) is 19.0. The number of ether oxygens (including phenoxy) is 3. The van der Waals surface area contributed by atoms with E-state index in [1.165, 1.54) is 11.3 Å². The maximum atomic E-state index is 13.8. The van der Waals surface area contributed by atoms with Crippen molar-refractivity contribution in [2.45, 2.75) is 12.0 Å². The Kier molecular flexibility index (Phi) is 6.02. The Balaban J connectivity index is 1.54. The molecule has 0 fully saturated rings. The molecule has 33 heavy (non-hydrogen) atoms. The van der Waals surface area contributed by atoms with Crippen molar-refractivity contribution >= 4 is 28.8 Å². The minimum atomic E-state index is -0.581. The van der Waals surface area contributed by atoms with Crippen molar-refractivity contribution in [2.24, 2.45) is 0 Å². The van der Waals surface area contributed by atoms with Crippen LogP contribution in [0.1, 0.15) is 32.8 Å². The predicted octanol–water partition coefficient (Wildman–Crippen LogP) is 4.09. The quantitative estimate of drug-likeness (QED) is 0.595. The highest BCUT2D eigenvalue weighted by Crippen LogP contribution is 2.44. The molecule has 1 N–H and O–H groups in total. The largest absolute Gasteiger partial charge is 0.486 e. The maximum absolute atomic E-state index is 13.8. The molecule has 7 nitrogen and oxygen atoms in total. The number of anilines is 1. The molecule has 0 unspecified atom stereocenters. The second-order valence-corrected chi connectivity index (χ2v) is 8.84. The second-order valence-electron chi connectivity index (χ2n) is 7.86. The number of methoxy groups -OCH3 is 1. The number of hydrogen-bond donors (Lipinski definition) is 1. The Bertz CT molecular complexity index is 1160. The summed E-state index contributed by atoms with van der Waals surface area (Å²) >= 11 is 1.54. The summed E-state index contributed by atoms with van der Waals surface area (Å²) in [4.78, 5) is 29.9. The third-order valence-electron chi connectivity index (χ3n) is 5.90. The first-order valence-corrected chi connectivity index (χ1v) is 11.7. The Morgan fingerprint density at radius 1 is 1.12 bits per heavy atom. The molecule has 3 aromatic rings. The van der Waals surface area contributed by atoms with Gasteiger partial charge in [-0.05, 0) is 35.2 Å². The van der Waals surface area contributed by atoms with Gasteiger partial charge in [0.15, 0.2) is 11.5 Å². The normalized spacial score (nSPS) is 19.2. The molecule has 5 rings (SSSR count). The summed E-state index contributed by atoms with van der Waals surface area (Å²) in [5.41, 5.74) is 1.89. The van der Waals surface area contributed by atoms with E-state index in [0.717, 1.165) is 10.4 Å². The fourth-order valence-corrected chi connectivity index (χ4v) is 5.30. The lowest BCUT2D eigenvalue weighted by Crippen LogP contribution is -2.47. The first-order chi connectivity index (χ1) is 16.2. The van der Waals surface area contributed by atoms with Crippen molar-refractivity contribution in [1.29, 1.82) is 0 Å². The van der Waals surface area contributed by atoms with E-state index < -0.39 is 12.0 Å². The summed E-state index contributed by atoms with van der Waals surface area (Å²) in [5, 5.41) is 5.01. The number of thiophene rings is 1. The number of fused-ring (bicyclic) bond motifs is 2. The lowest BCUT2D eigenvalue weighted by Gasteiger charge is -2.41. The number of carbonyl (C=O) groups excluding carboxylic acids is 2. The molecule has 1 aromatic heterocycles. The molecule has 0 saturated carbocycles. The van der Waals surface area contributed by atoms with Crippen LogP contribution in [0.25, 0.3) is 0 Å². The standard InChI is InChI=1S/C25H24N2O5S/c1-30-11-10-27-23(21-7-4-14-33-21)22(17-5-2-3-6-18(17)25(27)29)24(28)26-16-8-9-19-20(15-16)32-13-12-31-19/h2-9,14-15,22-23H,10-13H2,1H3,(H,26,28)/t22-,23-/m0/s1. The van der Waals surface area contributed by atoms with Crippen molar-refractivity contribution in [3.05, 3.63) is 76.0 Å². The number of rotatable bonds is 6. The summed E-state index contributed by atoms with van der Waals surface area (Å²) in [7, 11) is 1.61. The van der Waals surface area contributed by atoms with Crippen LogP contribution in [-0.2, 0) is 9.53 Å². The topological polar surface area (TPSA) is 77.1 Å². The molecule has 0 bridgehead atoms. The van der Waals surface area contributed by atoms with Crippen LogP contribution in [0, 0.1) is 0 Å². The van der Waals surface area contributed by atoms with Gasteiger partial charge in [-0.1, -0.05) is 24.3 Å². The minimum absolute atomic E-state index is 0.0931. The number of carbonyl (C=O) groups is 2. The lowest BCUT2D eigenvalue weighted by atomic mass is 9.81. The van der Waals surface area contributed by atoms with Gasteiger partial charge in [-0.15, -0.1) is 11.3 Å². The SMILES string of the molecule is COCCN1C(=O)c2ccccc2[C@H](C(=O)Nc2ccc3c(c2)OCCO3)[C@@H]1c1cccs1. The van der Waals surface area contributed by atoms with Gasteiger partial charge in [0, 0.05) is 35.8 Å². The predicted molar refractivity (Wildman–Crippen MR) is 125 cm³/mol. The van der Waals surface area contributed by atoms with Gasteiger partial charge in [-0.2, -0.15) is 0 Å².